The number of piperidine rings is 1. The molecular formula is C26H26F6N6O2. The van der Waals surface area contributed by atoms with Crippen molar-refractivity contribution >= 4 is 23.5 Å². The zero-order valence-corrected chi connectivity index (χ0v) is 21.1. The molecule has 4 rings (SSSR count). The predicted octanol–water partition coefficient (Wildman–Crippen LogP) is 5.61. The number of nitrogens with zero attached hydrogens (tertiary/aromatic N) is 4. The fourth-order valence-corrected chi connectivity index (χ4v) is 4.10. The Morgan fingerprint density at radius 3 is 2.30 bits per heavy atom. The van der Waals surface area contributed by atoms with Gasteiger partial charge in [0.15, 0.2) is 6.61 Å². The standard InChI is InChI=1S/C26H26F6N6O2/c27-25(28,29)16-40-24-36-22(35-23(37-24)34-20-8-4-7-18(15-20)26(30,31)32)33-19-11-13-38(14-12-19)21(39)10-9-17-5-2-1-3-6-17/h1-8,15,19H,9-14,16H2,(H2,33,34,35,36,37). The molecule has 0 bridgehead atoms. The number of alkyl halides is 6. The molecular weight excluding hydrogens is 542 g/mol. The first-order valence-corrected chi connectivity index (χ1v) is 12.4. The molecule has 1 aromatic heterocycles. The summed E-state index contributed by atoms with van der Waals surface area (Å²) in [4.78, 5) is 26.1. The average molecular weight is 569 g/mol. The number of benzene rings is 2. The van der Waals surface area contributed by atoms with Crippen LogP contribution in [-0.2, 0) is 17.4 Å². The quantitative estimate of drug-likeness (QED) is 0.324. The Labute approximate surface area is 225 Å². The SMILES string of the molecule is O=C(CCc1ccccc1)N1CCC(Nc2nc(Nc3cccc(C(F)(F)F)c3)nc(OCC(F)(F)F)n2)CC1. The Morgan fingerprint density at radius 1 is 0.925 bits per heavy atom. The van der Waals surface area contributed by atoms with E-state index in [1.54, 1.807) is 4.90 Å². The van der Waals surface area contributed by atoms with Crippen molar-refractivity contribution in [2.75, 3.05) is 30.3 Å². The van der Waals surface area contributed by atoms with E-state index in [0.717, 1.165) is 17.7 Å². The van der Waals surface area contributed by atoms with Crippen LogP contribution in [0.5, 0.6) is 6.01 Å². The number of aromatic nitrogens is 3. The molecule has 0 aliphatic carbocycles. The van der Waals surface area contributed by atoms with Crippen LogP contribution in [-0.4, -0.2) is 57.7 Å². The van der Waals surface area contributed by atoms with Crippen LogP contribution in [0, 0.1) is 0 Å². The van der Waals surface area contributed by atoms with E-state index in [1.807, 2.05) is 30.3 Å². The monoisotopic (exact) mass is 568 g/mol. The fraction of sp³-hybridized carbons (Fsp3) is 0.385. The van der Waals surface area contributed by atoms with Gasteiger partial charge in [-0.05, 0) is 43.0 Å². The number of ether oxygens (including phenoxy) is 1. The molecule has 0 radical (unpaired) electrons. The van der Waals surface area contributed by atoms with Crippen molar-refractivity contribution in [1.82, 2.24) is 19.9 Å². The summed E-state index contributed by atoms with van der Waals surface area (Å²) in [6, 6.07) is 13.0. The second-order valence-electron chi connectivity index (χ2n) is 9.16. The second kappa shape index (κ2) is 12.4. The molecule has 0 saturated carbocycles. The topological polar surface area (TPSA) is 92.3 Å². The minimum absolute atomic E-state index is 0.0258. The number of nitrogens with one attached hydrogen (secondary N) is 2. The molecule has 1 saturated heterocycles. The lowest BCUT2D eigenvalue weighted by Gasteiger charge is -2.32. The molecule has 1 amide bonds. The number of hydrogen-bond acceptors (Lipinski definition) is 7. The Bertz CT molecular complexity index is 1280. The van der Waals surface area contributed by atoms with Crippen molar-refractivity contribution < 1.29 is 35.9 Å². The first-order valence-electron chi connectivity index (χ1n) is 12.4. The number of halogens is 6. The van der Waals surface area contributed by atoms with Crippen LogP contribution in [0.15, 0.2) is 54.6 Å². The first-order chi connectivity index (χ1) is 18.9. The van der Waals surface area contributed by atoms with Gasteiger partial charge in [-0.3, -0.25) is 4.79 Å². The van der Waals surface area contributed by atoms with Crippen molar-refractivity contribution in [3.63, 3.8) is 0 Å². The van der Waals surface area contributed by atoms with Crippen molar-refractivity contribution in [3.8, 4) is 6.01 Å². The molecule has 1 aliphatic rings. The second-order valence-corrected chi connectivity index (χ2v) is 9.16. The van der Waals surface area contributed by atoms with Crippen molar-refractivity contribution in [1.29, 1.82) is 0 Å². The van der Waals surface area contributed by atoms with Crippen LogP contribution in [0.2, 0.25) is 0 Å². The van der Waals surface area contributed by atoms with E-state index in [1.165, 1.54) is 12.1 Å². The summed E-state index contributed by atoms with van der Waals surface area (Å²) >= 11 is 0. The highest BCUT2D eigenvalue weighted by Crippen LogP contribution is 2.31. The maximum Gasteiger partial charge on any atom is 0.422 e. The molecule has 1 aliphatic heterocycles. The van der Waals surface area contributed by atoms with E-state index >= 15 is 0 Å². The smallest absolute Gasteiger partial charge is 0.422 e. The number of hydrogen-bond donors (Lipinski definition) is 2. The number of rotatable bonds is 9. The van der Waals surface area contributed by atoms with E-state index in [9.17, 15) is 31.1 Å². The van der Waals surface area contributed by atoms with Gasteiger partial charge in [-0.15, -0.1) is 0 Å². The van der Waals surface area contributed by atoms with Crippen molar-refractivity contribution in [2.24, 2.45) is 0 Å². The van der Waals surface area contributed by atoms with Gasteiger partial charge in [-0.1, -0.05) is 36.4 Å². The molecule has 0 unspecified atom stereocenters. The first kappa shape index (κ1) is 28.9. The molecule has 214 valence electrons. The molecule has 8 nitrogen and oxygen atoms in total. The molecule has 2 heterocycles. The lowest BCUT2D eigenvalue weighted by molar-refractivity contribution is -0.154. The van der Waals surface area contributed by atoms with E-state index in [2.05, 4.69) is 30.3 Å². The van der Waals surface area contributed by atoms with Gasteiger partial charge in [0.1, 0.15) is 0 Å². The number of amides is 1. The lowest BCUT2D eigenvalue weighted by atomic mass is 10.0. The van der Waals surface area contributed by atoms with E-state index in [0.29, 0.717) is 38.8 Å². The highest BCUT2D eigenvalue weighted by Gasteiger charge is 2.31. The van der Waals surface area contributed by atoms with Gasteiger partial charge in [0.25, 0.3) is 0 Å². The molecule has 2 N–H and O–H groups in total. The van der Waals surface area contributed by atoms with E-state index in [-0.39, 0.29) is 29.5 Å². The fourth-order valence-electron chi connectivity index (χ4n) is 4.10. The number of aryl methyl sites for hydroxylation is 1. The Morgan fingerprint density at radius 2 is 1.62 bits per heavy atom. The summed E-state index contributed by atoms with van der Waals surface area (Å²) in [5.74, 6) is -0.393. The zero-order chi connectivity index (χ0) is 28.8. The third-order valence-electron chi connectivity index (χ3n) is 6.08. The Balaban J connectivity index is 1.40. The highest BCUT2D eigenvalue weighted by molar-refractivity contribution is 5.76. The van der Waals surface area contributed by atoms with E-state index < -0.39 is 30.5 Å². The summed E-state index contributed by atoms with van der Waals surface area (Å²) in [7, 11) is 0. The molecule has 14 heteroatoms. The molecule has 0 atom stereocenters. The van der Waals surface area contributed by atoms with Gasteiger partial charge in [0.05, 0.1) is 5.56 Å². The minimum Gasteiger partial charge on any atom is -0.454 e. The average Bonchev–Trinajstić information content (AvgIpc) is 2.91. The summed E-state index contributed by atoms with van der Waals surface area (Å²) < 4.78 is 82.0. The van der Waals surface area contributed by atoms with Crippen LogP contribution in [0.25, 0.3) is 0 Å². The largest absolute Gasteiger partial charge is 0.454 e. The minimum atomic E-state index is -4.66. The molecule has 0 spiro atoms. The van der Waals surface area contributed by atoms with Crippen LogP contribution in [0.1, 0.15) is 30.4 Å². The van der Waals surface area contributed by atoms with Gasteiger partial charge in [-0.25, -0.2) is 0 Å². The Kier molecular flexibility index (Phi) is 8.95. The summed E-state index contributed by atoms with van der Waals surface area (Å²) in [6.07, 6.45) is -7.20. The van der Waals surface area contributed by atoms with E-state index in [4.69, 9.17) is 0 Å². The van der Waals surface area contributed by atoms with Gasteiger partial charge >= 0.3 is 18.4 Å². The summed E-state index contributed by atoms with van der Waals surface area (Å²) in [5.41, 5.74) is 0.111. The van der Waals surface area contributed by atoms with Crippen molar-refractivity contribution in [2.45, 2.75) is 44.1 Å². The third-order valence-corrected chi connectivity index (χ3v) is 6.08. The van der Waals surface area contributed by atoms with Gasteiger partial charge in [0, 0.05) is 31.2 Å². The number of carbonyl (C=O) groups excluding carboxylic acids is 1. The lowest BCUT2D eigenvalue weighted by Crippen LogP contribution is -2.42. The van der Waals surface area contributed by atoms with Gasteiger partial charge < -0.3 is 20.3 Å². The normalized spacial score (nSPS) is 14.6. The number of anilines is 3. The number of carbonyl (C=O) groups is 1. The third kappa shape index (κ3) is 8.71. The predicted molar refractivity (Wildman–Crippen MR) is 134 cm³/mol. The molecule has 2 aromatic carbocycles. The van der Waals surface area contributed by atoms with Crippen molar-refractivity contribution in [3.05, 3.63) is 65.7 Å². The van der Waals surface area contributed by atoms with Crippen LogP contribution in [0.3, 0.4) is 0 Å². The summed E-state index contributed by atoms with van der Waals surface area (Å²) in [6.45, 7) is -0.741. The summed E-state index contributed by atoms with van der Waals surface area (Å²) in [5, 5.41) is 5.58. The van der Waals surface area contributed by atoms with Gasteiger partial charge in [-0.2, -0.15) is 41.3 Å². The highest BCUT2D eigenvalue weighted by atomic mass is 19.4. The Hall–Kier alpha value is -4.10. The van der Waals surface area contributed by atoms with Crippen LogP contribution >= 0.6 is 0 Å². The molecule has 3 aromatic rings. The molecule has 1 fully saturated rings. The maximum atomic E-state index is 13.1. The van der Waals surface area contributed by atoms with Crippen LogP contribution < -0.4 is 15.4 Å². The van der Waals surface area contributed by atoms with Gasteiger partial charge in [0.2, 0.25) is 17.8 Å². The maximum absolute atomic E-state index is 13.1. The number of likely N-dealkylation sites (tertiary alicyclic amines) is 1. The molecule has 40 heavy (non-hydrogen) atoms. The zero-order valence-electron chi connectivity index (χ0n) is 21.1. The van der Waals surface area contributed by atoms with Crippen LogP contribution in [0.4, 0.5) is 43.9 Å².